The average molecular weight is 905 g/mol. The molecule has 0 radical (unpaired) electrons. The fourth-order valence-corrected chi connectivity index (χ4v) is 12.4. The highest BCUT2D eigenvalue weighted by atomic mass is 15.2. The molecule has 1 aliphatic heterocycles. The molecule has 0 bridgehead atoms. The summed E-state index contributed by atoms with van der Waals surface area (Å²) < 4.78 is 0. The minimum atomic E-state index is -0.493. The van der Waals surface area contributed by atoms with E-state index >= 15 is 0 Å². The SMILES string of the molecule is C1=CCC2C(=C1)N(c1ccc3c(c1)C(c1ccccc1)(c1ccccc1)c1ccccc1-3)c1cc(-c3ccccc3-c3ccccc3N(c3cccc4ccccc34)c3cccc4ccccc34)ccc12. The van der Waals surface area contributed by atoms with Gasteiger partial charge in [0, 0.05) is 33.6 Å². The molecule has 334 valence electrons. The van der Waals surface area contributed by atoms with E-state index in [4.69, 9.17) is 0 Å². The quantitative estimate of drug-likeness (QED) is 0.150. The molecule has 0 fully saturated rings. The first-order valence-corrected chi connectivity index (χ1v) is 24.9. The highest BCUT2D eigenvalue weighted by Gasteiger charge is 2.47. The van der Waals surface area contributed by atoms with Crippen molar-refractivity contribution in [3.05, 3.63) is 307 Å². The Morgan fingerprint density at radius 3 is 1.66 bits per heavy atom. The summed E-state index contributed by atoms with van der Waals surface area (Å²) in [5, 5.41) is 4.83. The molecular weight excluding hydrogens is 857 g/mol. The van der Waals surface area contributed by atoms with E-state index in [-0.39, 0.29) is 5.92 Å². The van der Waals surface area contributed by atoms with Crippen LogP contribution in [0, 0.1) is 0 Å². The first-order chi connectivity index (χ1) is 35.3. The largest absolute Gasteiger partial charge is 0.313 e. The monoisotopic (exact) mass is 904 g/mol. The van der Waals surface area contributed by atoms with Gasteiger partial charge in [0.05, 0.1) is 28.2 Å². The number of nitrogens with zero attached hydrogens (tertiary/aromatic N) is 2. The maximum absolute atomic E-state index is 2.57. The lowest BCUT2D eigenvalue weighted by Crippen LogP contribution is -2.28. The molecule has 11 aromatic rings. The van der Waals surface area contributed by atoms with Crippen LogP contribution in [0.2, 0.25) is 0 Å². The maximum atomic E-state index is 2.57. The van der Waals surface area contributed by atoms with Gasteiger partial charge in [0.2, 0.25) is 0 Å². The van der Waals surface area contributed by atoms with Gasteiger partial charge in [-0.15, -0.1) is 0 Å². The fraction of sp³-hybridized carbons (Fsp3) is 0.0435. The predicted molar refractivity (Wildman–Crippen MR) is 297 cm³/mol. The highest BCUT2D eigenvalue weighted by Crippen LogP contribution is 2.59. The molecule has 0 N–H and O–H groups in total. The van der Waals surface area contributed by atoms with Gasteiger partial charge in [-0.05, 0) is 115 Å². The molecule has 2 heteroatoms. The van der Waals surface area contributed by atoms with E-state index in [9.17, 15) is 0 Å². The second-order valence-corrected chi connectivity index (χ2v) is 19.1. The summed E-state index contributed by atoms with van der Waals surface area (Å²) in [4.78, 5) is 5.05. The van der Waals surface area contributed by atoms with Crippen molar-refractivity contribution in [3.63, 3.8) is 0 Å². The summed E-state index contributed by atoms with van der Waals surface area (Å²) >= 11 is 0. The molecule has 11 aromatic carbocycles. The van der Waals surface area contributed by atoms with Crippen molar-refractivity contribution in [2.75, 3.05) is 9.80 Å². The molecule has 1 heterocycles. The van der Waals surface area contributed by atoms with Gasteiger partial charge in [0.1, 0.15) is 0 Å². The van der Waals surface area contributed by atoms with E-state index in [0.717, 1.165) is 23.5 Å². The second kappa shape index (κ2) is 16.6. The van der Waals surface area contributed by atoms with Gasteiger partial charge >= 0.3 is 0 Å². The Hall–Kier alpha value is -8.98. The van der Waals surface area contributed by atoms with Crippen LogP contribution in [0.25, 0.3) is 54.9 Å². The Bertz CT molecular complexity index is 3810. The van der Waals surface area contributed by atoms with E-state index in [1.807, 2.05) is 0 Å². The van der Waals surface area contributed by atoms with E-state index in [1.165, 1.54) is 99.8 Å². The zero-order valence-electron chi connectivity index (χ0n) is 39.2. The van der Waals surface area contributed by atoms with E-state index < -0.39 is 5.41 Å². The van der Waals surface area contributed by atoms with Crippen molar-refractivity contribution in [3.8, 4) is 33.4 Å². The van der Waals surface area contributed by atoms with Crippen molar-refractivity contribution in [1.82, 2.24) is 0 Å². The summed E-state index contributed by atoms with van der Waals surface area (Å²) in [6, 6.07) is 94.6. The molecule has 0 aromatic heterocycles. The third-order valence-corrected chi connectivity index (χ3v) is 15.4. The van der Waals surface area contributed by atoms with Gasteiger partial charge in [-0.2, -0.15) is 0 Å². The van der Waals surface area contributed by atoms with Crippen molar-refractivity contribution in [2.45, 2.75) is 17.8 Å². The number of para-hydroxylation sites is 1. The number of benzene rings is 11. The molecule has 14 rings (SSSR count). The highest BCUT2D eigenvalue weighted by molar-refractivity contribution is 6.07. The normalized spacial score (nSPS) is 15.0. The molecule has 2 nitrogen and oxygen atoms in total. The Balaban J connectivity index is 0.949. The van der Waals surface area contributed by atoms with Crippen LogP contribution >= 0.6 is 0 Å². The Morgan fingerprint density at radius 1 is 0.408 bits per heavy atom. The van der Waals surface area contributed by atoms with Gasteiger partial charge in [-0.3, -0.25) is 0 Å². The Kier molecular flexibility index (Phi) is 9.60. The minimum absolute atomic E-state index is 0.258. The van der Waals surface area contributed by atoms with E-state index in [0.29, 0.717) is 0 Å². The standard InChI is InChI=1S/C69H48N2/c1-3-25-50(26-4-1)69(51-27-5-2-6-28-51)62-36-16-13-33-57(62)58-44-42-52(46-63(58)69)70-66-37-17-15-35-60(66)61-43-41-49(45-68(61)70)53-29-11-12-32-56(53)59-34-14-18-38-67(59)71(64-39-19-23-47-21-7-9-30-54(47)64)65-40-20-24-48-22-8-10-31-55(48)65/h1-34,36-46,60H,35H2. The van der Waals surface area contributed by atoms with Crippen LogP contribution < -0.4 is 9.80 Å². The van der Waals surface area contributed by atoms with Crippen LogP contribution in [0.5, 0.6) is 0 Å². The molecule has 71 heavy (non-hydrogen) atoms. The molecule has 0 spiro atoms. The lowest BCUT2D eigenvalue weighted by atomic mass is 9.67. The molecular formula is C69H48N2. The van der Waals surface area contributed by atoms with Gasteiger partial charge < -0.3 is 9.80 Å². The lowest BCUT2D eigenvalue weighted by Gasteiger charge is -2.34. The molecule has 2 aliphatic carbocycles. The maximum Gasteiger partial charge on any atom is 0.0714 e. The smallest absolute Gasteiger partial charge is 0.0714 e. The Labute approximate surface area is 415 Å². The summed E-state index contributed by atoms with van der Waals surface area (Å²) in [6.07, 6.45) is 7.88. The summed E-state index contributed by atoms with van der Waals surface area (Å²) in [5.74, 6) is 0.258. The van der Waals surface area contributed by atoms with Gasteiger partial charge in [-0.25, -0.2) is 0 Å². The third kappa shape index (κ3) is 6.35. The predicted octanol–water partition coefficient (Wildman–Crippen LogP) is 18.2. The summed E-state index contributed by atoms with van der Waals surface area (Å²) in [6.45, 7) is 0. The van der Waals surface area contributed by atoms with Crippen molar-refractivity contribution in [1.29, 1.82) is 0 Å². The molecule has 0 amide bonds. The summed E-state index contributed by atoms with van der Waals surface area (Å²) in [5.41, 5.74) is 20.5. The summed E-state index contributed by atoms with van der Waals surface area (Å²) in [7, 11) is 0. The molecule has 3 aliphatic rings. The van der Waals surface area contributed by atoms with Crippen LogP contribution in [0.1, 0.15) is 40.2 Å². The van der Waals surface area contributed by atoms with Gasteiger partial charge in [0.15, 0.2) is 0 Å². The molecule has 0 saturated carbocycles. The van der Waals surface area contributed by atoms with E-state index in [1.54, 1.807) is 0 Å². The van der Waals surface area contributed by atoms with Crippen LogP contribution in [0.4, 0.5) is 28.4 Å². The Morgan fingerprint density at radius 2 is 0.958 bits per heavy atom. The topological polar surface area (TPSA) is 6.48 Å². The number of hydrogen-bond acceptors (Lipinski definition) is 2. The molecule has 1 atom stereocenters. The van der Waals surface area contributed by atoms with Crippen molar-refractivity contribution < 1.29 is 0 Å². The molecule has 0 saturated heterocycles. The number of fused-ring (bicyclic) bond motifs is 8. The zero-order valence-corrected chi connectivity index (χ0v) is 39.2. The average Bonchev–Trinajstić information content (AvgIpc) is 3.94. The fourth-order valence-electron chi connectivity index (χ4n) is 12.4. The van der Waals surface area contributed by atoms with Crippen molar-refractivity contribution >= 4 is 50.0 Å². The number of hydrogen-bond donors (Lipinski definition) is 0. The van der Waals surface area contributed by atoms with Gasteiger partial charge in [0.25, 0.3) is 0 Å². The second-order valence-electron chi connectivity index (χ2n) is 19.1. The number of rotatable bonds is 8. The van der Waals surface area contributed by atoms with Crippen LogP contribution in [0.3, 0.4) is 0 Å². The van der Waals surface area contributed by atoms with Crippen LogP contribution in [0.15, 0.2) is 279 Å². The first kappa shape index (κ1) is 41.0. The number of allylic oxidation sites excluding steroid dienone is 4. The zero-order chi connectivity index (χ0) is 46.9. The minimum Gasteiger partial charge on any atom is -0.313 e. The first-order valence-electron chi connectivity index (χ1n) is 24.9. The van der Waals surface area contributed by atoms with Crippen LogP contribution in [-0.2, 0) is 5.41 Å². The van der Waals surface area contributed by atoms with Crippen LogP contribution in [-0.4, -0.2) is 0 Å². The van der Waals surface area contributed by atoms with Gasteiger partial charge in [-0.1, -0.05) is 231 Å². The molecule has 1 unspecified atom stereocenters. The number of anilines is 5. The van der Waals surface area contributed by atoms with E-state index in [2.05, 4.69) is 283 Å². The van der Waals surface area contributed by atoms with Crippen molar-refractivity contribution in [2.24, 2.45) is 0 Å². The third-order valence-electron chi connectivity index (χ3n) is 15.4. The lowest BCUT2D eigenvalue weighted by molar-refractivity contribution is 0.767.